The van der Waals surface area contributed by atoms with Crippen LogP contribution in [0.25, 0.3) is 67.2 Å². The van der Waals surface area contributed by atoms with Gasteiger partial charge in [-0.15, -0.1) is 0 Å². The van der Waals surface area contributed by atoms with E-state index < -0.39 is 5.41 Å². The number of aromatic nitrogens is 4. The van der Waals surface area contributed by atoms with E-state index in [1.165, 1.54) is 33.4 Å². The largest absolute Gasteiger partial charge is 0.328 e. The Hall–Kier alpha value is -7.11. The molecule has 0 atom stereocenters. The third kappa shape index (κ3) is 4.97. The van der Waals surface area contributed by atoms with Gasteiger partial charge in [-0.25, -0.2) is 14.8 Å². The molecule has 0 aliphatic heterocycles. The first-order chi connectivity index (χ1) is 27.0. The molecule has 9 aromatic rings. The fourth-order valence-electron chi connectivity index (χ4n) is 8.79. The van der Waals surface area contributed by atoms with Crippen LogP contribution in [-0.2, 0) is 19.5 Å². The van der Waals surface area contributed by atoms with Crippen molar-refractivity contribution in [1.82, 2.24) is 19.1 Å². The van der Waals surface area contributed by atoms with Crippen LogP contribution < -0.4 is 5.69 Å². The van der Waals surface area contributed by atoms with E-state index in [0.29, 0.717) is 5.82 Å². The number of nitrogens with zero attached hydrogens (tertiary/aromatic N) is 4. The van der Waals surface area contributed by atoms with Crippen LogP contribution in [0.2, 0.25) is 0 Å². The molecule has 2 aromatic heterocycles. The van der Waals surface area contributed by atoms with Crippen molar-refractivity contribution in [3.8, 4) is 56.2 Å². The van der Waals surface area contributed by atoms with Crippen molar-refractivity contribution in [1.29, 1.82) is 0 Å². The smallest absolute Gasteiger partial charge is 0.295 e. The quantitative estimate of drug-likeness (QED) is 0.173. The lowest BCUT2D eigenvalue weighted by atomic mass is 9.67. The normalized spacial score (nSPS) is 12.8. The van der Waals surface area contributed by atoms with Gasteiger partial charge in [0, 0.05) is 36.3 Å². The first kappa shape index (κ1) is 32.5. The number of para-hydroxylation sites is 1. The van der Waals surface area contributed by atoms with Gasteiger partial charge in [0.2, 0.25) is 0 Å². The summed E-state index contributed by atoms with van der Waals surface area (Å²) in [6, 6.07) is 64.2. The molecule has 0 saturated heterocycles. The van der Waals surface area contributed by atoms with Gasteiger partial charge in [-0.2, -0.15) is 0 Å². The van der Waals surface area contributed by atoms with E-state index in [9.17, 15) is 4.79 Å². The number of rotatable bonds is 6. The van der Waals surface area contributed by atoms with E-state index in [1.54, 1.807) is 9.13 Å². The van der Waals surface area contributed by atoms with Crippen molar-refractivity contribution < 1.29 is 0 Å². The molecule has 1 aliphatic carbocycles. The van der Waals surface area contributed by atoms with Crippen LogP contribution in [0.4, 0.5) is 0 Å². The summed E-state index contributed by atoms with van der Waals surface area (Å²) < 4.78 is 3.42. The Kier molecular flexibility index (Phi) is 7.56. The lowest BCUT2D eigenvalue weighted by molar-refractivity contribution is 0.768. The van der Waals surface area contributed by atoms with Gasteiger partial charge in [0.1, 0.15) is 0 Å². The van der Waals surface area contributed by atoms with Gasteiger partial charge >= 0.3 is 5.69 Å². The summed E-state index contributed by atoms with van der Waals surface area (Å²) in [4.78, 5) is 23.3. The van der Waals surface area contributed by atoms with E-state index in [1.807, 2.05) is 44.4 Å². The van der Waals surface area contributed by atoms with Gasteiger partial charge in [0.05, 0.1) is 27.8 Å². The number of hydrogen-bond acceptors (Lipinski definition) is 3. The maximum Gasteiger partial charge on any atom is 0.328 e. The van der Waals surface area contributed by atoms with Crippen LogP contribution in [0.5, 0.6) is 0 Å². The number of imidazole rings is 1. The molecule has 0 amide bonds. The highest BCUT2D eigenvalue weighted by molar-refractivity contribution is 5.96. The molecule has 2 heterocycles. The van der Waals surface area contributed by atoms with Crippen LogP contribution in [-0.4, -0.2) is 19.1 Å². The van der Waals surface area contributed by atoms with Gasteiger partial charge in [-0.1, -0.05) is 170 Å². The van der Waals surface area contributed by atoms with Crippen molar-refractivity contribution in [3.05, 3.63) is 215 Å². The first-order valence-corrected chi connectivity index (χ1v) is 18.6. The molecule has 0 unspecified atom stereocenters. The van der Waals surface area contributed by atoms with E-state index in [4.69, 9.17) is 9.97 Å². The molecule has 5 heteroatoms. The Morgan fingerprint density at radius 1 is 0.455 bits per heavy atom. The molecular weight excluding hydrogens is 673 g/mol. The summed E-state index contributed by atoms with van der Waals surface area (Å²) in [5.41, 5.74) is 15.3. The van der Waals surface area contributed by atoms with Gasteiger partial charge in [-0.05, 0) is 51.1 Å². The van der Waals surface area contributed by atoms with Crippen LogP contribution in [0, 0.1) is 0 Å². The second kappa shape index (κ2) is 12.8. The molecule has 0 fully saturated rings. The van der Waals surface area contributed by atoms with Crippen LogP contribution in [0.1, 0.15) is 22.3 Å². The number of aryl methyl sites for hydroxylation is 2. The first-order valence-electron chi connectivity index (χ1n) is 18.6. The van der Waals surface area contributed by atoms with Crippen molar-refractivity contribution in [3.63, 3.8) is 0 Å². The minimum absolute atomic E-state index is 0.0409. The standard InChI is InChI=1S/C50H36N4O/c1-53-45-27-15-23-38(47(45)54(2)49(53)55)33-28-30-34(31-29-33)43-32-44(52-48(51-43)35-16-6-3-7-17-35)40-24-14-26-42-46(40)39-22-12-13-25-41(39)50(42,36-18-8-4-9-19-36)37-20-10-5-11-21-37/h3-32H,1-2H3. The third-order valence-electron chi connectivity index (χ3n) is 11.3. The molecule has 0 saturated carbocycles. The molecule has 7 aromatic carbocycles. The molecule has 0 spiro atoms. The van der Waals surface area contributed by atoms with Gasteiger partial charge in [0.25, 0.3) is 0 Å². The molecule has 55 heavy (non-hydrogen) atoms. The minimum atomic E-state index is -0.510. The predicted octanol–water partition coefficient (Wildman–Crippen LogP) is 10.7. The zero-order valence-corrected chi connectivity index (χ0v) is 30.5. The minimum Gasteiger partial charge on any atom is -0.295 e. The third-order valence-corrected chi connectivity index (χ3v) is 11.3. The van der Waals surface area contributed by atoms with E-state index in [2.05, 4.69) is 152 Å². The molecule has 262 valence electrons. The average molecular weight is 709 g/mol. The number of fused-ring (bicyclic) bond motifs is 4. The fraction of sp³-hybridized carbons (Fsp3) is 0.0600. The predicted molar refractivity (Wildman–Crippen MR) is 223 cm³/mol. The van der Waals surface area contributed by atoms with Gasteiger partial charge in [-0.3, -0.25) is 9.13 Å². The Morgan fingerprint density at radius 2 is 1.00 bits per heavy atom. The highest BCUT2D eigenvalue weighted by Crippen LogP contribution is 2.58. The highest BCUT2D eigenvalue weighted by Gasteiger charge is 2.46. The number of benzene rings is 7. The average Bonchev–Trinajstić information content (AvgIpc) is 3.69. The summed E-state index contributed by atoms with van der Waals surface area (Å²) in [5.74, 6) is 0.669. The zero-order valence-electron chi connectivity index (χ0n) is 30.5. The lowest BCUT2D eigenvalue weighted by Crippen LogP contribution is -2.28. The highest BCUT2D eigenvalue weighted by atomic mass is 16.1. The van der Waals surface area contributed by atoms with Gasteiger partial charge in [0.15, 0.2) is 5.82 Å². The van der Waals surface area contributed by atoms with E-state index >= 15 is 0 Å². The number of hydrogen-bond donors (Lipinski definition) is 0. The van der Waals surface area contributed by atoms with E-state index in [0.717, 1.165) is 50.2 Å². The van der Waals surface area contributed by atoms with Crippen molar-refractivity contribution >= 4 is 11.0 Å². The Morgan fingerprint density at radius 3 is 1.71 bits per heavy atom. The molecular formula is C50H36N4O. The van der Waals surface area contributed by atoms with Crippen molar-refractivity contribution in [2.24, 2.45) is 14.1 Å². The molecule has 0 radical (unpaired) electrons. The lowest BCUT2D eigenvalue weighted by Gasteiger charge is -2.33. The van der Waals surface area contributed by atoms with Crippen LogP contribution in [0.15, 0.2) is 187 Å². The molecule has 0 N–H and O–H groups in total. The topological polar surface area (TPSA) is 52.7 Å². The maximum atomic E-state index is 12.8. The van der Waals surface area contributed by atoms with Gasteiger partial charge < -0.3 is 0 Å². The van der Waals surface area contributed by atoms with Crippen molar-refractivity contribution in [2.45, 2.75) is 5.41 Å². The Bertz CT molecular complexity index is 2910. The SMILES string of the molecule is Cn1c(=O)n(C)c2c(-c3ccc(-c4cc(-c5cccc6c5-c5ccccc5C6(c5ccccc5)c5ccccc5)nc(-c5ccccc5)n4)cc3)cccc21. The summed E-state index contributed by atoms with van der Waals surface area (Å²) >= 11 is 0. The summed E-state index contributed by atoms with van der Waals surface area (Å²) in [6.45, 7) is 0. The molecule has 5 nitrogen and oxygen atoms in total. The molecule has 10 rings (SSSR count). The fourth-order valence-corrected chi connectivity index (χ4v) is 8.79. The van der Waals surface area contributed by atoms with Crippen LogP contribution in [0.3, 0.4) is 0 Å². The van der Waals surface area contributed by atoms with Crippen molar-refractivity contribution in [2.75, 3.05) is 0 Å². The zero-order chi connectivity index (χ0) is 37.1. The van der Waals surface area contributed by atoms with E-state index in [-0.39, 0.29) is 5.69 Å². The summed E-state index contributed by atoms with van der Waals surface area (Å²) in [6.07, 6.45) is 0. The second-order valence-electron chi connectivity index (χ2n) is 14.2. The maximum absolute atomic E-state index is 12.8. The Balaban J connectivity index is 1.18. The molecule has 0 bridgehead atoms. The van der Waals surface area contributed by atoms with Crippen LogP contribution >= 0.6 is 0 Å². The summed E-state index contributed by atoms with van der Waals surface area (Å²) in [5, 5.41) is 0. The molecule has 1 aliphatic rings. The summed E-state index contributed by atoms with van der Waals surface area (Å²) in [7, 11) is 3.65. The Labute approximate surface area is 319 Å². The second-order valence-corrected chi connectivity index (χ2v) is 14.2. The monoisotopic (exact) mass is 708 g/mol.